The van der Waals surface area contributed by atoms with E-state index in [-0.39, 0.29) is 17.4 Å². The van der Waals surface area contributed by atoms with Gasteiger partial charge in [0.05, 0.1) is 28.9 Å². The molecule has 2 heterocycles. The summed E-state index contributed by atoms with van der Waals surface area (Å²) in [4.78, 5) is 26.7. The summed E-state index contributed by atoms with van der Waals surface area (Å²) < 4.78 is 10.6. The minimum Gasteiger partial charge on any atom is -0.491 e. The molecule has 0 aliphatic heterocycles. The third-order valence-corrected chi connectivity index (χ3v) is 6.72. The molecule has 0 aliphatic rings. The summed E-state index contributed by atoms with van der Waals surface area (Å²) in [5.74, 6) is 0.0346. The van der Waals surface area contributed by atoms with Crippen LogP contribution in [0.2, 0.25) is 0 Å². The molecule has 0 aliphatic carbocycles. The van der Waals surface area contributed by atoms with Gasteiger partial charge in [0.15, 0.2) is 0 Å². The number of aromatic nitrogens is 4. The number of rotatable bonds is 8. The first-order chi connectivity index (χ1) is 20.3. The van der Waals surface area contributed by atoms with Crippen molar-refractivity contribution in [1.82, 2.24) is 19.1 Å². The molecule has 2 aromatic heterocycles. The lowest BCUT2D eigenvalue weighted by molar-refractivity contribution is -0.112. The van der Waals surface area contributed by atoms with Crippen LogP contribution in [0.1, 0.15) is 25.1 Å². The zero-order valence-electron chi connectivity index (χ0n) is 23.8. The quantitative estimate of drug-likeness (QED) is 0.195. The number of amides is 1. The van der Waals surface area contributed by atoms with Gasteiger partial charge in [0.1, 0.15) is 23.1 Å². The summed E-state index contributed by atoms with van der Waals surface area (Å²) in [5, 5.41) is 17.5. The van der Waals surface area contributed by atoms with Gasteiger partial charge in [-0.05, 0) is 75.4 Å². The molecular formula is C33H30N6O3. The second kappa shape index (κ2) is 11.9. The summed E-state index contributed by atoms with van der Waals surface area (Å²) in [7, 11) is 1.74. The van der Waals surface area contributed by atoms with Crippen molar-refractivity contribution in [1.29, 1.82) is 5.26 Å². The first kappa shape index (κ1) is 27.9. The van der Waals surface area contributed by atoms with E-state index in [4.69, 9.17) is 9.84 Å². The highest BCUT2D eigenvalue weighted by atomic mass is 16.5. The Labute approximate surface area is 243 Å². The van der Waals surface area contributed by atoms with Crippen molar-refractivity contribution in [3.05, 3.63) is 118 Å². The van der Waals surface area contributed by atoms with Crippen LogP contribution >= 0.6 is 0 Å². The Morgan fingerprint density at radius 1 is 0.976 bits per heavy atom. The lowest BCUT2D eigenvalue weighted by Gasteiger charge is -2.09. The van der Waals surface area contributed by atoms with Crippen molar-refractivity contribution in [2.75, 3.05) is 5.32 Å². The third kappa shape index (κ3) is 5.64. The van der Waals surface area contributed by atoms with Crippen molar-refractivity contribution >= 4 is 17.7 Å². The summed E-state index contributed by atoms with van der Waals surface area (Å²) in [6.45, 7) is 5.66. The van der Waals surface area contributed by atoms with E-state index in [1.54, 1.807) is 41.7 Å². The molecule has 0 spiro atoms. The predicted molar refractivity (Wildman–Crippen MR) is 163 cm³/mol. The van der Waals surface area contributed by atoms with E-state index in [0.29, 0.717) is 22.6 Å². The molecule has 9 nitrogen and oxygen atoms in total. The molecule has 0 bridgehead atoms. The number of hydrogen-bond acceptors (Lipinski definition) is 5. The van der Waals surface area contributed by atoms with Crippen molar-refractivity contribution in [2.24, 2.45) is 7.05 Å². The van der Waals surface area contributed by atoms with Crippen molar-refractivity contribution in [2.45, 2.75) is 26.9 Å². The molecule has 210 valence electrons. The normalized spacial score (nSPS) is 11.4. The van der Waals surface area contributed by atoms with Crippen LogP contribution in [0.4, 0.5) is 5.69 Å². The number of nitriles is 1. The number of carbonyl (C=O) groups is 1. The fourth-order valence-electron chi connectivity index (χ4n) is 4.59. The number of ether oxygens (including phenoxy) is 1. The summed E-state index contributed by atoms with van der Waals surface area (Å²) in [6, 6.07) is 28.2. The fourth-order valence-corrected chi connectivity index (χ4v) is 4.59. The van der Waals surface area contributed by atoms with E-state index in [1.807, 2.05) is 92.7 Å². The number of nitrogens with zero attached hydrogens (tertiary/aromatic N) is 5. The van der Waals surface area contributed by atoms with Crippen LogP contribution in [-0.4, -0.2) is 31.2 Å². The second-order valence-electron chi connectivity index (χ2n) is 9.96. The standard InChI is InChI=1S/C33H30N6O3/c1-22(2)42-29-17-15-24(16-18-29)31-26(21-38(36-31)27-11-7-5-8-12-27)19-25(20-34)32(40)35-30-23(3)37(4)39(33(30)41)28-13-9-6-10-14-28/h5-19,21-22H,1-4H3,(H,35,40)/b25-19+. The highest BCUT2D eigenvalue weighted by Crippen LogP contribution is 2.28. The number of carbonyl (C=O) groups excluding carboxylic acids is 1. The van der Waals surface area contributed by atoms with E-state index in [1.165, 1.54) is 10.8 Å². The van der Waals surface area contributed by atoms with Crippen LogP contribution in [0, 0.1) is 18.3 Å². The molecular weight excluding hydrogens is 528 g/mol. The molecule has 9 heteroatoms. The maximum Gasteiger partial charge on any atom is 0.295 e. The van der Waals surface area contributed by atoms with Gasteiger partial charge in [-0.2, -0.15) is 10.4 Å². The fraction of sp³-hybridized carbons (Fsp3) is 0.152. The third-order valence-electron chi connectivity index (χ3n) is 6.72. The van der Waals surface area contributed by atoms with Gasteiger partial charge < -0.3 is 10.1 Å². The molecule has 1 amide bonds. The molecule has 0 radical (unpaired) electrons. The minimum atomic E-state index is -0.692. The topological polar surface area (TPSA) is 107 Å². The van der Waals surface area contributed by atoms with Crippen LogP contribution in [0.3, 0.4) is 0 Å². The van der Waals surface area contributed by atoms with Crippen molar-refractivity contribution in [3.63, 3.8) is 0 Å². The molecule has 0 saturated carbocycles. The van der Waals surface area contributed by atoms with E-state index in [2.05, 4.69) is 5.32 Å². The largest absolute Gasteiger partial charge is 0.491 e. The molecule has 1 N–H and O–H groups in total. The first-order valence-electron chi connectivity index (χ1n) is 13.5. The Bertz CT molecular complexity index is 1860. The van der Waals surface area contributed by atoms with E-state index < -0.39 is 11.5 Å². The monoisotopic (exact) mass is 558 g/mol. The van der Waals surface area contributed by atoms with Gasteiger partial charge in [-0.15, -0.1) is 0 Å². The smallest absolute Gasteiger partial charge is 0.295 e. The molecule has 0 fully saturated rings. The Balaban J connectivity index is 1.53. The Morgan fingerprint density at radius 2 is 1.60 bits per heavy atom. The van der Waals surface area contributed by atoms with Gasteiger partial charge in [0, 0.05) is 24.4 Å². The number of nitrogens with one attached hydrogen (secondary N) is 1. The molecule has 0 atom stereocenters. The predicted octanol–water partition coefficient (Wildman–Crippen LogP) is 5.67. The first-order valence-corrected chi connectivity index (χ1v) is 13.5. The van der Waals surface area contributed by atoms with Gasteiger partial charge in [-0.1, -0.05) is 36.4 Å². The zero-order valence-corrected chi connectivity index (χ0v) is 23.8. The highest BCUT2D eigenvalue weighted by molar-refractivity contribution is 6.10. The van der Waals surface area contributed by atoms with Crippen LogP contribution in [0.15, 0.2) is 101 Å². The van der Waals surface area contributed by atoms with Gasteiger partial charge in [-0.3, -0.25) is 14.3 Å². The van der Waals surface area contributed by atoms with Crippen LogP contribution in [0.25, 0.3) is 28.7 Å². The number of para-hydroxylation sites is 2. The van der Waals surface area contributed by atoms with Gasteiger partial charge in [0.25, 0.3) is 11.5 Å². The van der Waals surface area contributed by atoms with E-state index in [9.17, 15) is 14.9 Å². The average molecular weight is 559 g/mol. The lowest BCUT2D eigenvalue weighted by atomic mass is 10.1. The van der Waals surface area contributed by atoms with Crippen LogP contribution < -0.4 is 15.6 Å². The zero-order chi connectivity index (χ0) is 29.8. The van der Waals surface area contributed by atoms with E-state index in [0.717, 1.165) is 17.0 Å². The second-order valence-corrected chi connectivity index (χ2v) is 9.96. The van der Waals surface area contributed by atoms with Gasteiger partial charge in [0.2, 0.25) is 0 Å². The maximum absolute atomic E-state index is 13.4. The minimum absolute atomic E-state index is 0.0355. The molecule has 5 rings (SSSR count). The molecule has 3 aromatic carbocycles. The Morgan fingerprint density at radius 3 is 2.19 bits per heavy atom. The highest BCUT2D eigenvalue weighted by Gasteiger charge is 2.21. The summed E-state index contributed by atoms with van der Waals surface area (Å²) in [6.07, 6.45) is 3.29. The van der Waals surface area contributed by atoms with Gasteiger partial charge >= 0.3 is 0 Å². The molecule has 42 heavy (non-hydrogen) atoms. The molecule has 0 unspecified atom stereocenters. The van der Waals surface area contributed by atoms with Gasteiger partial charge in [-0.25, -0.2) is 9.36 Å². The van der Waals surface area contributed by atoms with Crippen molar-refractivity contribution < 1.29 is 9.53 Å². The lowest BCUT2D eigenvalue weighted by Crippen LogP contribution is -2.23. The molecule has 5 aromatic rings. The summed E-state index contributed by atoms with van der Waals surface area (Å²) >= 11 is 0. The number of anilines is 1. The number of benzene rings is 3. The SMILES string of the molecule is Cc1c(NC(=O)/C(C#N)=C/c2cn(-c3ccccc3)nc2-c2ccc(OC(C)C)cc2)c(=O)n(-c2ccccc2)n1C. The van der Waals surface area contributed by atoms with Crippen molar-refractivity contribution in [3.8, 4) is 34.5 Å². The van der Waals surface area contributed by atoms with E-state index >= 15 is 0 Å². The van der Waals surface area contributed by atoms with Crippen LogP contribution in [-0.2, 0) is 11.8 Å². The Kier molecular flexibility index (Phi) is 7.89. The maximum atomic E-state index is 13.4. The Hall–Kier alpha value is -5.62. The average Bonchev–Trinajstić information content (AvgIpc) is 3.51. The van der Waals surface area contributed by atoms with Crippen LogP contribution in [0.5, 0.6) is 5.75 Å². The summed E-state index contributed by atoms with van der Waals surface area (Å²) in [5.41, 5.74) is 3.51. The molecule has 0 saturated heterocycles. The number of hydrogen-bond donors (Lipinski definition) is 1.